The molecular weight excluding hydrogens is 336 g/mol. The monoisotopic (exact) mass is 358 g/mol. The first-order chi connectivity index (χ1) is 12.0. The molecule has 0 spiro atoms. The quantitative estimate of drug-likeness (QED) is 0.785. The number of thiazole rings is 1. The van der Waals surface area contributed by atoms with Gasteiger partial charge in [0.1, 0.15) is 9.88 Å². The third-order valence-corrected chi connectivity index (χ3v) is 5.53. The zero-order valence-electron chi connectivity index (χ0n) is 14.5. The number of rotatable bonds is 4. The van der Waals surface area contributed by atoms with Gasteiger partial charge in [0.25, 0.3) is 5.91 Å². The molecule has 0 unspecified atom stereocenters. The fourth-order valence-corrected chi connectivity index (χ4v) is 3.96. The topological polar surface area (TPSA) is 59.5 Å². The van der Waals surface area contributed by atoms with E-state index in [-0.39, 0.29) is 12.5 Å². The second-order valence-electron chi connectivity index (χ2n) is 6.46. The van der Waals surface area contributed by atoms with Crippen LogP contribution in [0.5, 0.6) is 0 Å². The molecule has 1 aromatic carbocycles. The van der Waals surface area contributed by atoms with Crippen molar-refractivity contribution < 1.29 is 14.3 Å². The Hall–Kier alpha value is -2.21. The summed E-state index contributed by atoms with van der Waals surface area (Å²) in [4.78, 5) is 31.3. The van der Waals surface area contributed by atoms with E-state index >= 15 is 0 Å². The minimum Gasteiger partial charge on any atom is -0.451 e. The SMILES string of the molecule is Cc1nc(-c2ccccc2)sc1C(=O)OCC(=O)N1CCC[C@@H](C)C1. The molecule has 2 heterocycles. The zero-order valence-corrected chi connectivity index (χ0v) is 15.3. The van der Waals surface area contributed by atoms with Crippen LogP contribution in [0.25, 0.3) is 10.6 Å². The smallest absolute Gasteiger partial charge is 0.350 e. The van der Waals surface area contributed by atoms with E-state index in [4.69, 9.17) is 4.74 Å². The van der Waals surface area contributed by atoms with Gasteiger partial charge in [-0.15, -0.1) is 11.3 Å². The van der Waals surface area contributed by atoms with E-state index in [2.05, 4.69) is 11.9 Å². The van der Waals surface area contributed by atoms with Gasteiger partial charge in [-0.05, 0) is 25.7 Å². The lowest BCUT2D eigenvalue weighted by Gasteiger charge is -2.30. The number of piperidine rings is 1. The molecule has 0 saturated carbocycles. The molecule has 0 N–H and O–H groups in total. The Balaban J connectivity index is 1.62. The minimum atomic E-state index is -0.476. The first kappa shape index (κ1) is 17.6. The van der Waals surface area contributed by atoms with Gasteiger partial charge in [0, 0.05) is 18.7 Å². The second-order valence-corrected chi connectivity index (χ2v) is 7.46. The molecule has 1 fully saturated rings. The molecule has 0 aliphatic carbocycles. The number of aromatic nitrogens is 1. The maximum Gasteiger partial charge on any atom is 0.350 e. The summed E-state index contributed by atoms with van der Waals surface area (Å²) in [6.45, 7) is 5.21. The molecule has 1 aromatic heterocycles. The van der Waals surface area contributed by atoms with Crippen LogP contribution in [-0.2, 0) is 9.53 Å². The van der Waals surface area contributed by atoms with Gasteiger partial charge in [0.2, 0.25) is 0 Å². The first-order valence-electron chi connectivity index (χ1n) is 8.52. The second kappa shape index (κ2) is 7.78. The molecule has 1 saturated heterocycles. The van der Waals surface area contributed by atoms with Crippen molar-refractivity contribution in [1.29, 1.82) is 0 Å². The number of benzene rings is 1. The summed E-state index contributed by atoms with van der Waals surface area (Å²) < 4.78 is 5.25. The minimum absolute atomic E-state index is 0.120. The van der Waals surface area contributed by atoms with Crippen LogP contribution in [0.15, 0.2) is 30.3 Å². The van der Waals surface area contributed by atoms with Crippen molar-refractivity contribution >= 4 is 23.2 Å². The third-order valence-electron chi connectivity index (χ3n) is 4.34. The Morgan fingerprint density at radius 2 is 2.08 bits per heavy atom. The summed E-state index contributed by atoms with van der Waals surface area (Å²) in [6, 6.07) is 9.71. The highest BCUT2D eigenvalue weighted by Gasteiger charge is 2.23. The average molecular weight is 358 g/mol. The number of nitrogens with zero attached hydrogens (tertiary/aromatic N) is 2. The molecule has 1 aliphatic rings. The number of likely N-dealkylation sites (tertiary alicyclic amines) is 1. The highest BCUT2D eigenvalue weighted by atomic mass is 32.1. The predicted molar refractivity (Wildman–Crippen MR) is 97.5 cm³/mol. The Morgan fingerprint density at radius 3 is 2.80 bits per heavy atom. The molecule has 0 bridgehead atoms. The molecule has 2 aromatic rings. The fourth-order valence-electron chi connectivity index (χ4n) is 2.99. The molecular formula is C19H22N2O3S. The normalized spacial score (nSPS) is 17.4. The number of hydrogen-bond donors (Lipinski definition) is 0. The van der Waals surface area contributed by atoms with Gasteiger partial charge in [-0.25, -0.2) is 9.78 Å². The van der Waals surface area contributed by atoms with Crippen LogP contribution in [0.4, 0.5) is 0 Å². The van der Waals surface area contributed by atoms with Crippen molar-refractivity contribution in [3.63, 3.8) is 0 Å². The fraction of sp³-hybridized carbons (Fsp3) is 0.421. The maximum absolute atomic E-state index is 12.3. The Morgan fingerprint density at radius 1 is 1.32 bits per heavy atom. The Labute approximate surface area is 151 Å². The average Bonchev–Trinajstić information content (AvgIpc) is 3.02. The van der Waals surface area contributed by atoms with Crippen LogP contribution in [-0.4, -0.2) is 41.5 Å². The molecule has 6 heteroatoms. The number of aryl methyl sites for hydroxylation is 1. The highest BCUT2D eigenvalue weighted by molar-refractivity contribution is 7.17. The summed E-state index contributed by atoms with van der Waals surface area (Å²) in [5.41, 5.74) is 1.60. The molecule has 5 nitrogen and oxygen atoms in total. The van der Waals surface area contributed by atoms with Crippen LogP contribution in [0.1, 0.15) is 35.1 Å². The van der Waals surface area contributed by atoms with E-state index in [1.807, 2.05) is 30.3 Å². The van der Waals surface area contributed by atoms with Gasteiger partial charge in [-0.2, -0.15) is 0 Å². The van der Waals surface area contributed by atoms with Gasteiger partial charge in [-0.1, -0.05) is 37.3 Å². The van der Waals surface area contributed by atoms with E-state index in [0.717, 1.165) is 36.5 Å². The molecule has 3 rings (SSSR count). The molecule has 1 amide bonds. The van der Waals surface area contributed by atoms with Gasteiger partial charge in [0.15, 0.2) is 6.61 Å². The molecule has 0 radical (unpaired) electrons. The third kappa shape index (κ3) is 4.25. The number of hydrogen-bond acceptors (Lipinski definition) is 5. The van der Waals surface area contributed by atoms with Crippen molar-refractivity contribution in [1.82, 2.24) is 9.88 Å². The van der Waals surface area contributed by atoms with Crippen LogP contribution in [0.3, 0.4) is 0 Å². The van der Waals surface area contributed by atoms with Crippen molar-refractivity contribution in [3.05, 3.63) is 40.9 Å². The van der Waals surface area contributed by atoms with Gasteiger partial charge in [0.05, 0.1) is 5.69 Å². The largest absolute Gasteiger partial charge is 0.451 e. The predicted octanol–water partition coefficient (Wildman–Crippen LogP) is 3.53. The molecule has 1 atom stereocenters. The van der Waals surface area contributed by atoms with E-state index in [1.165, 1.54) is 11.3 Å². The maximum atomic E-state index is 12.3. The van der Waals surface area contributed by atoms with Crippen molar-refractivity contribution in [2.75, 3.05) is 19.7 Å². The number of carbonyl (C=O) groups is 2. The molecule has 1 aliphatic heterocycles. The van der Waals surface area contributed by atoms with Crippen LogP contribution in [0.2, 0.25) is 0 Å². The lowest BCUT2D eigenvalue weighted by Crippen LogP contribution is -2.41. The van der Waals surface area contributed by atoms with Crippen molar-refractivity contribution in [2.45, 2.75) is 26.7 Å². The van der Waals surface area contributed by atoms with Gasteiger partial charge < -0.3 is 9.64 Å². The molecule has 132 valence electrons. The summed E-state index contributed by atoms with van der Waals surface area (Å²) in [7, 11) is 0. The van der Waals surface area contributed by atoms with Gasteiger partial charge in [-0.3, -0.25) is 4.79 Å². The summed E-state index contributed by atoms with van der Waals surface area (Å²) in [6.07, 6.45) is 2.15. The Bertz CT molecular complexity index is 757. The Kier molecular flexibility index (Phi) is 5.48. The number of carbonyl (C=O) groups excluding carboxylic acids is 2. The van der Waals surface area contributed by atoms with E-state index in [9.17, 15) is 9.59 Å². The van der Waals surface area contributed by atoms with E-state index in [1.54, 1.807) is 11.8 Å². The highest BCUT2D eigenvalue weighted by Crippen LogP contribution is 2.28. The van der Waals surface area contributed by atoms with E-state index in [0.29, 0.717) is 16.5 Å². The zero-order chi connectivity index (χ0) is 17.8. The lowest BCUT2D eigenvalue weighted by atomic mass is 10.0. The number of amides is 1. The van der Waals surface area contributed by atoms with E-state index < -0.39 is 5.97 Å². The number of ether oxygens (including phenoxy) is 1. The van der Waals surface area contributed by atoms with Crippen LogP contribution < -0.4 is 0 Å². The summed E-state index contributed by atoms with van der Waals surface area (Å²) >= 11 is 1.30. The number of esters is 1. The van der Waals surface area contributed by atoms with Crippen LogP contribution in [0, 0.1) is 12.8 Å². The molecule has 25 heavy (non-hydrogen) atoms. The summed E-state index contributed by atoms with van der Waals surface area (Å²) in [5, 5.41) is 0.779. The lowest BCUT2D eigenvalue weighted by molar-refractivity contribution is -0.136. The van der Waals surface area contributed by atoms with Crippen LogP contribution >= 0.6 is 11.3 Å². The summed E-state index contributed by atoms with van der Waals surface area (Å²) in [5.74, 6) is -0.0912. The first-order valence-corrected chi connectivity index (χ1v) is 9.34. The standard InChI is InChI=1S/C19H22N2O3S/c1-13-7-6-10-21(11-13)16(22)12-24-19(23)17-14(2)20-18(25-17)15-8-4-3-5-9-15/h3-5,8-9,13H,6-7,10-12H2,1-2H3/t13-/m1/s1. The van der Waals surface area contributed by atoms with Crippen molar-refractivity contribution in [2.24, 2.45) is 5.92 Å². The van der Waals surface area contributed by atoms with Gasteiger partial charge >= 0.3 is 5.97 Å². The van der Waals surface area contributed by atoms with Crippen molar-refractivity contribution in [3.8, 4) is 10.6 Å².